The van der Waals surface area contributed by atoms with Crippen molar-refractivity contribution in [3.63, 3.8) is 0 Å². The molecule has 14 heteroatoms. The molecular formula is C17H15F4N2O7P. The van der Waals surface area contributed by atoms with Gasteiger partial charge < -0.3 is 4.74 Å². The SMILES string of the molecule is O=c1[nH]c(=O)n([C@H]2C[C@@H]3OP(=O)(OCc4ccc(C(F)(F)F)cc4)OC[C@H]3O2)cc1F. The molecule has 2 aliphatic rings. The Kier molecular flexibility index (Phi) is 5.64. The van der Waals surface area contributed by atoms with Gasteiger partial charge >= 0.3 is 19.7 Å². The molecule has 3 heterocycles. The first-order valence-electron chi connectivity index (χ1n) is 8.94. The first kappa shape index (κ1) is 21.9. The molecule has 9 nitrogen and oxygen atoms in total. The van der Waals surface area contributed by atoms with Crippen LogP contribution in [0.5, 0.6) is 0 Å². The average molecular weight is 466 g/mol. The minimum atomic E-state index is -4.48. The van der Waals surface area contributed by atoms with Crippen LogP contribution in [0.3, 0.4) is 0 Å². The smallest absolute Gasteiger partial charge is 0.349 e. The summed E-state index contributed by atoms with van der Waals surface area (Å²) in [7, 11) is -4.06. The molecule has 2 saturated heterocycles. The van der Waals surface area contributed by atoms with Crippen molar-refractivity contribution in [1.82, 2.24) is 9.55 Å². The number of fused-ring (bicyclic) bond motifs is 1. The molecule has 1 aromatic carbocycles. The summed E-state index contributed by atoms with van der Waals surface area (Å²) in [5.74, 6) is -1.18. The summed E-state index contributed by atoms with van der Waals surface area (Å²) in [6.07, 6.45) is -6.34. The first-order chi connectivity index (χ1) is 14.5. The zero-order valence-corrected chi connectivity index (χ0v) is 16.4. The number of ether oxygens (including phenoxy) is 1. The quantitative estimate of drug-likeness (QED) is 0.545. The molecule has 1 unspecified atom stereocenters. The summed E-state index contributed by atoms with van der Waals surface area (Å²) in [5, 5.41) is 0. The van der Waals surface area contributed by atoms with Gasteiger partial charge in [0.05, 0.1) is 25.0 Å². The average Bonchev–Trinajstić information content (AvgIpc) is 3.11. The van der Waals surface area contributed by atoms with Crippen LogP contribution in [-0.4, -0.2) is 28.4 Å². The minimum absolute atomic E-state index is 0.00690. The number of nitrogens with one attached hydrogen (secondary N) is 1. The van der Waals surface area contributed by atoms with Crippen LogP contribution in [0.2, 0.25) is 0 Å². The van der Waals surface area contributed by atoms with Crippen LogP contribution in [-0.2, 0) is 35.7 Å². The van der Waals surface area contributed by atoms with Crippen LogP contribution in [0.4, 0.5) is 17.6 Å². The lowest BCUT2D eigenvalue weighted by Gasteiger charge is -2.29. The summed E-state index contributed by atoms with van der Waals surface area (Å²) in [4.78, 5) is 24.9. The van der Waals surface area contributed by atoms with Gasteiger partial charge in [0.25, 0.3) is 5.56 Å². The number of H-pyrrole nitrogens is 1. The number of phosphoric ester groups is 1. The lowest BCUT2D eigenvalue weighted by molar-refractivity contribution is -0.137. The standard InChI is InChI=1S/C17H15F4N2O7P/c18-11-6-23(16(25)22-15(11)24)14-5-12-13(29-14)8-28-31(26,30-12)27-7-9-1-3-10(4-2-9)17(19,20)21/h1-4,6,12-14H,5,7-8H2,(H,22,24,25)/t12-,13+,14+,31?/m0/s1. The monoisotopic (exact) mass is 466 g/mol. The van der Waals surface area contributed by atoms with Gasteiger partial charge in [-0.25, -0.2) is 9.36 Å². The van der Waals surface area contributed by atoms with Gasteiger partial charge in [0.1, 0.15) is 18.4 Å². The van der Waals surface area contributed by atoms with Crippen molar-refractivity contribution in [2.45, 2.75) is 37.6 Å². The lowest BCUT2D eigenvalue weighted by atomic mass is 10.1. The van der Waals surface area contributed by atoms with Gasteiger partial charge in [-0.15, -0.1) is 0 Å². The number of hydrogen-bond donors (Lipinski definition) is 1. The van der Waals surface area contributed by atoms with E-state index in [9.17, 15) is 31.7 Å². The number of nitrogens with zero attached hydrogens (tertiary/aromatic N) is 1. The topological polar surface area (TPSA) is 109 Å². The van der Waals surface area contributed by atoms with Gasteiger partial charge in [0.2, 0.25) is 5.82 Å². The van der Waals surface area contributed by atoms with Gasteiger partial charge in [0.15, 0.2) is 0 Å². The van der Waals surface area contributed by atoms with Crippen LogP contribution in [0.15, 0.2) is 40.1 Å². The number of rotatable bonds is 4. The molecule has 0 aliphatic carbocycles. The lowest BCUT2D eigenvalue weighted by Crippen LogP contribution is -2.34. The Balaban J connectivity index is 1.40. The fraction of sp³-hybridized carbons (Fsp3) is 0.412. The molecule has 0 spiro atoms. The molecule has 4 rings (SSSR count). The number of halogens is 4. The Labute approximate surface area is 171 Å². The molecule has 2 aromatic rings. The second-order valence-electron chi connectivity index (χ2n) is 6.86. The summed E-state index contributed by atoms with van der Waals surface area (Å²) in [6, 6.07) is 4.08. The molecule has 31 heavy (non-hydrogen) atoms. The van der Waals surface area contributed by atoms with Crippen molar-refractivity contribution in [3.8, 4) is 0 Å². The Morgan fingerprint density at radius 2 is 1.90 bits per heavy atom. The number of benzene rings is 1. The third-order valence-electron chi connectivity index (χ3n) is 4.75. The van der Waals surface area contributed by atoms with Crippen LogP contribution < -0.4 is 11.2 Å². The molecule has 4 atom stereocenters. The van der Waals surface area contributed by atoms with Crippen molar-refractivity contribution in [2.24, 2.45) is 0 Å². The zero-order chi connectivity index (χ0) is 22.4. The van der Waals surface area contributed by atoms with Gasteiger partial charge in [-0.3, -0.25) is 27.9 Å². The van der Waals surface area contributed by atoms with Crippen molar-refractivity contribution in [2.75, 3.05) is 6.61 Å². The van der Waals surface area contributed by atoms with Crippen LogP contribution in [0.25, 0.3) is 0 Å². The first-order valence-corrected chi connectivity index (χ1v) is 10.4. The molecule has 0 saturated carbocycles. The third kappa shape index (κ3) is 4.65. The van der Waals surface area contributed by atoms with E-state index >= 15 is 0 Å². The highest BCUT2D eigenvalue weighted by Crippen LogP contribution is 2.57. The van der Waals surface area contributed by atoms with E-state index in [4.69, 9.17) is 18.3 Å². The normalized spacial score (nSPS) is 28.5. The third-order valence-corrected chi connectivity index (χ3v) is 6.19. The van der Waals surface area contributed by atoms with E-state index in [-0.39, 0.29) is 19.6 Å². The second kappa shape index (κ2) is 7.99. The second-order valence-corrected chi connectivity index (χ2v) is 8.49. The van der Waals surface area contributed by atoms with Crippen LogP contribution in [0, 0.1) is 5.82 Å². The van der Waals surface area contributed by atoms with E-state index < -0.39 is 55.1 Å². The predicted octanol–water partition coefficient (Wildman–Crippen LogP) is 2.72. The number of aromatic nitrogens is 2. The number of hydrogen-bond acceptors (Lipinski definition) is 7. The summed E-state index contributed by atoms with van der Waals surface area (Å²) in [5.41, 5.74) is -2.58. The Morgan fingerprint density at radius 3 is 2.58 bits per heavy atom. The number of alkyl halides is 3. The highest BCUT2D eigenvalue weighted by atomic mass is 31.2. The maximum Gasteiger partial charge on any atom is 0.475 e. The van der Waals surface area contributed by atoms with Crippen molar-refractivity contribution in [1.29, 1.82) is 0 Å². The summed E-state index contributed by atoms with van der Waals surface area (Å²) in [6.45, 7) is -0.548. The van der Waals surface area contributed by atoms with E-state index in [2.05, 4.69) is 0 Å². The maximum absolute atomic E-state index is 13.5. The van der Waals surface area contributed by atoms with E-state index in [1.165, 1.54) is 12.1 Å². The number of aromatic amines is 1. The zero-order valence-electron chi connectivity index (χ0n) is 15.5. The fourth-order valence-electron chi connectivity index (χ4n) is 3.18. The summed E-state index contributed by atoms with van der Waals surface area (Å²) >= 11 is 0. The highest BCUT2D eigenvalue weighted by molar-refractivity contribution is 7.48. The molecule has 1 aromatic heterocycles. The Morgan fingerprint density at radius 1 is 1.19 bits per heavy atom. The molecule has 0 bridgehead atoms. The van der Waals surface area contributed by atoms with Gasteiger partial charge in [-0.05, 0) is 17.7 Å². The van der Waals surface area contributed by atoms with Crippen molar-refractivity contribution >= 4 is 7.82 Å². The maximum atomic E-state index is 13.5. The van der Waals surface area contributed by atoms with Crippen LogP contribution >= 0.6 is 7.82 Å². The molecular weight excluding hydrogens is 451 g/mol. The molecule has 2 aliphatic heterocycles. The minimum Gasteiger partial charge on any atom is -0.349 e. The Bertz CT molecular complexity index is 1130. The van der Waals surface area contributed by atoms with Crippen LogP contribution in [0.1, 0.15) is 23.8 Å². The van der Waals surface area contributed by atoms with Gasteiger partial charge in [-0.1, -0.05) is 12.1 Å². The van der Waals surface area contributed by atoms with E-state index in [1.807, 2.05) is 4.98 Å². The van der Waals surface area contributed by atoms with E-state index in [0.29, 0.717) is 11.8 Å². The van der Waals surface area contributed by atoms with Crippen molar-refractivity contribution < 1.29 is 40.4 Å². The Hall–Kier alpha value is -2.31. The fourth-order valence-corrected chi connectivity index (χ4v) is 4.57. The molecule has 2 fully saturated rings. The summed E-state index contributed by atoms with van der Waals surface area (Å²) < 4.78 is 86.2. The van der Waals surface area contributed by atoms with Crippen molar-refractivity contribution in [3.05, 3.63) is 68.2 Å². The van der Waals surface area contributed by atoms with Gasteiger partial charge in [0, 0.05) is 6.42 Å². The largest absolute Gasteiger partial charge is 0.475 e. The molecule has 0 amide bonds. The molecule has 168 valence electrons. The molecule has 0 radical (unpaired) electrons. The van der Waals surface area contributed by atoms with Gasteiger partial charge in [-0.2, -0.15) is 17.6 Å². The van der Waals surface area contributed by atoms with E-state index in [0.717, 1.165) is 16.7 Å². The van der Waals surface area contributed by atoms with E-state index in [1.54, 1.807) is 0 Å². The number of phosphoric acid groups is 1. The highest BCUT2D eigenvalue weighted by Gasteiger charge is 2.48. The molecule has 1 N–H and O–H groups in total. The predicted molar refractivity (Wildman–Crippen MR) is 94.5 cm³/mol.